The largest absolute Gasteiger partial charge is 0.416 e. The van der Waals surface area contributed by atoms with Crippen molar-refractivity contribution >= 4 is 23.1 Å². The number of amides is 1. The fraction of sp³-hybridized carbons (Fsp3) is 0.385. The SMILES string of the molecule is CC(C)C(=O)N1c2ccccc2NC2=C(C(=O)CC(C)(C)C2)C1c1ccc(C(F)(F)F)cc1. The van der Waals surface area contributed by atoms with Gasteiger partial charge < -0.3 is 5.32 Å². The molecule has 174 valence electrons. The molecule has 4 rings (SSSR count). The number of Topliss-reactive ketones (excluding diaryl/α,β-unsaturated/α-hetero) is 1. The predicted molar refractivity (Wildman–Crippen MR) is 122 cm³/mol. The van der Waals surface area contributed by atoms with Gasteiger partial charge in [-0.05, 0) is 41.7 Å². The molecule has 2 aliphatic rings. The van der Waals surface area contributed by atoms with Crippen molar-refractivity contribution in [3.8, 4) is 0 Å². The average Bonchev–Trinajstić information content (AvgIpc) is 2.86. The minimum Gasteiger partial charge on any atom is -0.357 e. The Morgan fingerprint density at radius 1 is 1.06 bits per heavy atom. The van der Waals surface area contributed by atoms with Gasteiger partial charge in [0.1, 0.15) is 0 Å². The second-order valence-corrected chi connectivity index (χ2v) is 9.86. The van der Waals surface area contributed by atoms with E-state index in [1.54, 1.807) is 30.9 Å². The lowest BCUT2D eigenvalue weighted by Crippen LogP contribution is -2.41. The molecule has 1 N–H and O–H groups in total. The van der Waals surface area contributed by atoms with Gasteiger partial charge in [0.2, 0.25) is 5.91 Å². The van der Waals surface area contributed by atoms with Crippen molar-refractivity contribution in [3.05, 3.63) is 70.9 Å². The van der Waals surface area contributed by atoms with Crippen LogP contribution >= 0.6 is 0 Å². The Kier molecular flexibility index (Phi) is 5.63. The van der Waals surface area contributed by atoms with Crippen LogP contribution in [0.4, 0.5) is 24.5 Å². The molecule has 0 aromatic heterocycles. The lowest BCUT2D eigenvalue weighted by Gasteiger charge is -2.37. The molecule has 1 aliphatic carbocycles. The Hall–Kier alpha value is -3.09. The van der Waals surface area contributed by atoms with Gasteiger partial charge in [0, 0.05) is 23.6 Å². The zero-order valence-electron chi connectivity index (χ0n) is 19.1. The minimum atomic E-state index is -4.47. The van der Waals surface area contributed by atoms with Crippen molar-refractivity contribution in [2.75, 3.05) is 10.2 Å². The molecule has 0 bridgehead atoms. The van der Waals surface area contributed by atoms with Crippen molar-refractivity contribution < 1.29 is 22.8 Å². The first-order valence-corrected chi connectivity index (χ1v) is 11.0. The normalized spacial score (nSPS) is 20.2. The number of ketones is 1. The number of anilines is 2. The highest BCUT2D eigenvalue weighted by Crippen LogP contribution is 2.48. The van der Waals surface area contributed by atoms with Crippen LogP contribution in [0.25, 0.3) is 0 Å². The van der Waals surface area contributed by atoms with Crippen molar-refractivity contribution in [2.45, 2.75) is 52.8 Å². The third-order valence-corrected chi connectivity index (χ3v) is 6.19. The van der Waals surface area contributed by atoms with Crippen molar-refractivity contribution in [1.82, 2.24) is 0 Å². The van der Waals surface area contributed by atoms with E-state index in [1.807, 2.05) is 26.0 Å². The molecule has 0 spiro atoms. The van der Waals surface area contributed by atoms with Gasteiger partial charge in [-0.3, -0.25) is 14.5 Å². The van der Waals surface area contributed by atoms with Crippen LogP contribution in [0, 0.1) is 11.3 Å². The molecule has 0 fully saturated rings. The molecular weight excluding hydrogens is 429 g/mol. The number of nitrogens with one attached hydrogen (secondary N) is 1. The van der Waals surface area contributed by atoms with E-state index in [1.165, 1.54) is 12.1 Å². The van der Waals surface area contributed by atoms with Gasteiger partial charge >= 0.3 is 6.18 Å². The number of rotatable bonds is 2. The number of hydrogen-bond donors (Lipinski definition) is 1. The summed E-state index contributed by atoms with van der Waals surface area (Å²) in [4.78, 5) is 28.6. The van der Waals surface area contributed by atoms with Crippen LogP contribution in [0.5, 0.6) is 0 Å². The van der Waals surface area contributed by atoms with Crippen molar-refractivity contribution in [2.24, 2.45) is 11.3 Å². The smallest absolute Gasteiger partial charge is 0.357 e. The maximum atomic E-state index is 13.5. The van der Waals surface area contributed by atoms with Crippen LogP contribution in [-0.4, -0.2) is 11.7 Å². The van der Waals surface area contributed by atoms with E-state index in [-0.39, 0.29) is 23.0 Å². The number of fused-ring (bicyclic) bond motifs is 1. The van der Waals surface area contributed by atoms with Gasteiger partial charge in [-0.2, -0.15) is 13.2 Å². The second-order valence-electron chi connectivity index (χ2n) is 9.86. The standard InChI is InChI=1S/C26H27F3N2O2/c1-15(2)24(33)31-20-8-6-5-7-18(20)30-19-13-25(3,4)14-21(32)22(19)23(31)16-9-11-17(12-10-16)26(27,28)29/h5-12,15,23,30H,13-14H2,1-4H3. The zero-order chi connectivity index (χ0) is 24.1. The molecule has 33 heavy (non-hydrogen) atoms. The van der Waals surface area contributed by atoms with Gasteiger partial charge in [-0.1, -0.05) is 52.0 Å². The number of para-hydroxylation sites is 2. The van der Waals surface area contributed by atoms with E-state index in [2.05, 4.69) is 5.32 Å². The lowest BCUT2D eigenvalue weighted by molar-refractivity contribution is -0.137. The van der Waals surface area contributed by atoms with E-state index in [0.717, 1.165) is 12.1 Å². The number of carbonyl (C=O) groups is 2. The molecular formula is C26H27F3N2O2. The van der Waals surface area contributed by atoms with Gasteiger partial charge in [-0.25, -0.2) is 0 Å². The van der Waals surface area contributed by atoms with Crippen molar-refractivity contribution in [3.63, 3.8) is 0 Å². The Labute approximate surface area is 191 Å². The lowest BCUT2D eigenvalue weighted by atomic mass is 9.73. The topological polar surface area (TPSA) is 49.4 Å². The molecule has 2 aromatic carbocycles. The van der Waals surface area contributed by atoms with Gasteiger partial charge in [0.25, 0.3) is 0 Å². The van der Waals surface area contributed by atoms with E-state index in [4.69, 9.17) is 0 Å². The molecule has 1 atom stereocenters. The third kappa shape index (κ3) is 4.28. The number of carbonyl (C=O) groups excluding carboxylic acids is 2. The number of alkyl halides is 3. The van der Waals surface area contributed by atoms with Crippen LogP contribution in [0.2, 0.25) is 0 Å². The van der Waals surface area contributed by atoms with E-state index >= 15 is 0 Å². The Balaban J connectivity index is 1.98. The van der Waals surface area contributed by atoms with E-state index < -0.39 is 17.8 Å². The summed E-state index contributed by atoms with van der Waals surface area (Å²) < 4.78 is 39.6. The molecule has 0 radical (unpaired) electrons. The van der Waals surface area contributed by atoms with Crippen LogP contribution in [0.3, 0.4) is 0 Å². The summed E-state index contributed by atoms with van der Waals surface area (Å²) in [6.07, 6.45) is -3.59. The first-order valence-electron chi connectivity index (χ1n) is 11.0. The molecule has 0 saturated carbocycles. The van der Waals surface area contributed by atoms with Crippen LogP contribution in [-0.2, 0) is 15.8 Å². The monoisotopic (exact) mass is 456 g/mol. The summed E-state index contributed by atoms with van der Waals surface area (Å²) >= 11 is 0. The Morgan fingerprint density at radius 3 is 2.30 bits per heavy atom. The van der Waals surface area contributed by atoms with Crippen LogP contribution in [0.1, 0.15) is 57.7 Å². The molecule has 7 heteroatoms. The highest BCUT2D eigenvalue weighted by Gasteiger charge is 2.43. The number of halogens is 3. The van der Waals surface area contributed by atoms with Crippen LogP contribution in [0.15, 0.2) is 59.8 Å². The highest BCUT2D eigenvalue weighted by atomic mass is 19.4. The third-order valence-electron chi connectivity index (χ3n) is 6.19. The minimum absolute atomic E-state index is 0.104. The number of hydrogen-bond acceptors (Lipinski definition) is 3. The molecule has 0 saturated heterocycles. The Morgan fingerprint density at radius 2 is 1.70 bits per heavy atom. The van der Waals surface area contributed by atoms with Crippen molar-refractivity contribution in [1.29, 1.82) is 0 Å². The van der Waals surface area contributed by atoms with E-state index in [0.29, 0.717) is 41.1 Å². The molecule has 2 aromatic rings. The molecule has 1 amide bonds. The maximum Gasteiger partial charge on any atom is 0.416 e. The number of allylic oxidation sites excluding steroid dienone is 1. The molecule has 1 aliphatic heterocycles. The summed E-state index contributed by atoms with van der Waals surface area (Å²) in [5, 5.41) is 3.39. The molecule has 1 unspecified atom stereocenters. The highest BCUT2D eigenvalue weighted by molar-refractivity contribution is 6.06. The van der Waals surface area contributed by atoms with Crippen LogP contribution < -0.4 is 10.2 Å². The summed E-state index contributed by atoms with van der Waals surface area (Å²) in [6.45, 7) is 7.57. The first-order chi connectivity index (χ1) is 15.4. The van der Waals surface area contributed by atoms with Gasteiger partial charge in [-0.15, -0.1) is 0 Å². The summed E-state index contributed by atoms with van der Waals surface area (Å²) in [5.74, 6) is -0.694. The fourth-order valence-electron chi connectivity index (χ4n) is 4.68. The zero-order valence-corrected chi connectivity index (χ0v) is 19.1. The van der Waals surface area contributed by atoms with Gasteiger partial charge in [0.15, 0.2) is 5.78 Å². The average molecular weight is 457 g/mol. The number of benzene rings is 2. The summed E-state index contributed by atoms with van der Waals surface area (Å²) in [6, 6.07) is 11.2. The summed E-state index contributed by atoms with van der Waals surface area (Å²) in [7, 11) is 0. The predicted octanol–water partition coefficient (Wildman–Crippen LogP) is 6.50. The maximum absolute atomic E-state index is 13.5. The molecule has 4 nitrogen and oxygen atoms in total. The van der Waals surface area contributed by atoms with Gasteiger partial charge in [0.05, 0.1) is 23.0 Å². The first kappa shape index (κ1) is 23.1. The van der Waals surface area contributed by atoms with E-state index in [9.17, 15) is 22.8 Å². The Bertz CT molecular complexity index is 1130. The quantitative estimate of drug-likeness (QED) is 0.561. The number of nitrogens with zero attached hydrogens (tertiary/aromatic N) is 1. The fourth-order valence-corrected chi connectivity index (χ4v) is 4.68. The summed E-state index contributed by atoms with van der Waals surface area (Å²) in [5.41, 5.74) is 1.87. The molecule has 1 heterocycles. The second kappa shape index (κ2) is 8.04.